The molecular formula is C8H19N3S. The van der Waals surface area contributed by atoms with Gasteiger partial charge in [0.15, 0.2) is 0 Å². The Morgan fingerprint density at radius 2 is 2.00 bits per heavy atom. The molecule has 1 aliphatic heterocycles. The van der Waals surface area contributed by atoms with E-state index < -0.39 is 0 Å². The lowest BCUT2D eigenvalue weighted by Crippen LogP contribution is -2.33. The third-order valence-corrected chi connectivity index (χ3v) is 3.11. The summed E-state index contributed by atoms with van der Waals surface area (Å²) in [5, 5.41) is 0. The van der Waals surface area contributed by atoms with Gasteiger partial charge in [0.2, 0.25) is 0 Å². The zero-order valence-corrected chi connectivity index (χ0v) is 8.81. The van der Waals surface area contributed by atoms with E-state index in [1.54, 1.807) is 0 Å². The fourth-order valence-electron chi connectivity index (χ4n) is 1.46. The molecule has 0 saturated carbocycles. The van der Waals surface area contributed by atoms with E-state index in [2.05, 4.69) is 22.7 Å². The van der Waals surface area contributed by atoms with E-state index in [-0.39, 0.29) is 0 Å². The van der Waals surface area contributed by atoms with Gasteiger partial charge in [-0.25, -0.2) is 8.61 Å². The predicted octanol–water partition coefficient (Wildman–Crippen LogP) is 0.782. The van der Waals surface area contributed by atoms with Crippen molar-refractivity contribution in [3.63, 3.8) is 0 Å². The van der Waals surface area contributed by atoms with Crippen molar-refractivity contribution in [2.45, 2.75) is 12.8 Å². The summed E-state index contributed by atoms with van der Waals surface area (Å²) in [4.78, 5) is 0. The standard InChI is InChI=1S/C8H19N3S/c1-10(2)12-11-5-3-8(7-9)4-6-11/h8H,3-7,9H2,1-2H3. The zero-order chi connectivity index (χ0) is 8.97. The van der Waals surface area contributed by atoms with Crippen LogP contribution in [0.4, 0.5) is 0 Å². The van der Waals surface area contributed by atoms with E-state index in [0.29, 0.717) is 0 Å². The van der Waals surface area contributed by atoms with Crippen molar-refractivity contribution in [1.29, 1.82) is 0 Å². The van der Waals surface area contributed by atoms with E-state index in [0.717, 1.165) is 12.5 Å². The van der Waals surface area contributed by atoms with Crippen molar-refractivity contribution in [2.24, 2.45) is 11.7 Å². The van der Waals surface area contributed by atoms with Crippen LogP contribution < -0.4 is 5.73 Å². The Morgan fingerprint density at radius 1 is 1.42 bits per heavy atom. The van der Waals surface area contributed by atoms with Gasteiger partial charge in [0.05, 0.1) is 0 Å². The van der Waals surface area contributed by atoms with E-state index in [9.17, 15) is 0 Å². The van der Waals surface area contributed by atoms with Crippen LogP contribution in [0, 0.1) is 5.92 Å². The number of hydrogen-bond donors (Lipinski definition) is 1. The first kappa shape index (κ1) is 10.3. The second-order valence-electron chi connectivity index (χ2n) is 3.50. The van der Waals surface area contributed by atoms with Crippen LogP contribution in [0.5, 0.6) is 0 Å². The van der Waals surface area contributed by atoms with E-state index in [1.807, 2.05) is 12.1 Å². The van der Waals surface area contributed by atoms with Gasteiger partial charge >= 0.3 is 0 Å². The van der Waals surface area contributed by atoms with Gasteiger partial charge in [-0.15, -0.1) is 0 Å². The highest BCUT2D eigenvalue weighted by atomic mass is 32.2. The molecular weight excluding hydrogens is 170 g/mol. The minimum absolute atomic E-state index is 0.768. The summed E-state index contributed by atoms with van der Waals surface area (Å²) in [6, 6.07) is 0. The van der Waals surface area contributed by atoms with Crippen molar-refractivity contribution in [2.75, 3.05) is 33.7 Å². The van der Waals surface area contributed by atoms with Crippen molar-refractivity contribution >= 4 is 12.1 Å². The molecule has 2 N–H and O–H groups in total. The molecule has 1 rings (SSSR count). The number of piperidine rings is 1. The predicted molar refractivity (Wildman–Crippen MR) is 54.6 cm³/mol. The summed E-state index contributed by atoms with van der Waals surface area (Å²) in [6.45, 7) is 3.23. The van der Waals surface area contributed by atoms with Crippen LogP contribution >= 0.6 is 12.1 Å². The molecule has 0 aromatic carbocycles. The third-order valence-electron chi connectivity index (χ3n) is 2.19. The maximum Gasteiger partial charge on any atom is 0.0104 e. The molecule has 0 aromatic heterocycles. The number of nitrogens with zero attached hydrogens (tertiary/aromatic N) is 2. The topological polar surface area (TPSA) is 32.5 Å². The molecule has 12 heavy (non-hydrogen) atoms. The quantitative estimate of drug-likeness (QED) is 0.665. The molecule has 0 amide bonds. The van der Waals surface area contributed by atoms with Gasteiger partial charge in [-0.3, -0.25) is 0 Å². The summed E-state index contributed by atoms with van der Waals surface area (Å²) < 4.78 is 4.55. The Bertz CT molecular complexity index is 121. The van der Waals surface area contributed by atoms with Gasteiger partial charge in [0.25, 0.3) is 0 Å². The summed E-state index contributed by atoms with van der Waals surface area (Å²) >= 11 is 1.81. The first-order valence-electron chi connectivity index (χ1n) is 4.53. The number of nitrogens with two attached hydrogens (primary N) is 1. The van der Waals surface area contributed by atoms with Crippen molar-refractivity contribution in [3.8, 4) is 0 Å². The summed E-state index contributed by atoms with van der Waals surface area (Å²) in [7, 11) is 4.17. The first-order chi connectivity index (χ1) is 5.72. The molecule has 0 atom stereocenters. The Kier molecular flexibility index (Phi) is 4.35. The summed E-state index contributed by atoms with van der Waals surface area (Å²) in [5.41, 5.74) is 5.61. The number of rotatable bonds is 3. The molecule has 1 saturated heterocycles. The lowest BCUT2D eigenvalue weighted by Gasteiger charge is -2.31. The van der Waals surface area contributed by atoms with Crippen LogP contribution in [0.15, 0.2) is 0 Å². The van der Waals surface area contributed by atoms with Crippen molar-refractivity contribution < 1.29 is 0 Å². The largest absolute Gasteiger partial charge is 0.330 e. The molecule has 0 aliphatic carbocycles. The van der Waals surface area contributed by atoms with Crippen LogP contribution in [-0.2, 0) is 0 Å². The minimum atomic E-state index is 0.768. The van der Waals surface area contributed by atoms with E-state index in [1.165, 1.54) is 25.9 Å². The molecule has 1 aliphatic rings. The average Bonchev–Trinajstić information content (AvgIpc) is 2.05. The smallest absolute Gasteiger partial charge is 0.0104 e. The van der Waals surface area contributed by atoms with E-state index in [4.69, 9.17) is 5.73 Å². The van der Waals surface area contributed by atoms with Gasteiger partial charge in [-0.05, 0) is 39.4 Å². The molecule has 1 heterocycles. The first-order valence-corrected chi connectivity index (χ1v) is 5.26. The molecule has 0 spiro atoms. The fraction of sp³-hybridized carbons (Fsp3) is 1.00. The van der Waals surface area contributed by atoms with Crippen LogP contribution in [0.25, 0.3) is 0 Å². The highest BCUT2D eigenvalue weighted by Crippen LogP contribution is 2.22. The number of hydrogen-bond acceptors (Lipinski definition) is 4. The van der Waals surface area contributed by atoms with Gasteiger partial charge in [-0.2, -0.15) is 0 Å². The van der Waals surface area contributed by atoms with Gasteiger partial charge in [-0.1, -0.05) is 0 Å². The molecule has 0 aromatic rings. The average molecular weight is 189 g/mol. The van der Waals surface area contributed by atoms with Crippen LogP contribution in [-0.4, -0.2) is 42.3 Å². The maximum absolute atomic E-state index is 5.61. The van der Waals surface area contributed by atoms with Crippen LogP contribution in [0.1, 0.15) is 12.8 Å². The highest BCUT2D eigenvalue weighted by molar-refractivity contribution is 7.94. The van der Waals surface area contributed by atoms with Crippen molar-refractivity contribution in [3.05, 3.63) is 0 Å². The minimum Gasteiger partial charge on any atom is -0.330 e. The molecule has 4 heteroatoms. The zero-order valence-electron chi connectivity index (χ0n) is 7.99. The van der Waals surface area contributed by atoms with Gasteiger partial charge in [0.1, 0.15) is 0 Å². The fourth-order valence-corrected chi connectivity index (χ4v) is 2.29. The normalized spacial score (nSPS) is 22.0. The maximum atomic E-state index is 5.61. The molecule has 1 fully saturated rings. The lowest BCUT2D eigenvalue weighted by atomic mass is 9.99. The van der Waals surface area contributed by atoms with Crippen molar-refractivity contribution in [1.82, 2.24) is 8.61 Å². The third kappa shape index (κ3) is 3.31. The molecule has 3 nitrogen and oxygen atoms in total. The monoisotopic (exact) mass is 189 g/mol. The molecule has 0 unspecified atom stereocenters. The molecule has 0 bridgehead atoms. The van der Waals surface area contributed by atoms with Gasteiger partial charge < -0.3 is 5.73 Å². The highest BCUT2D eigenvalue weighted by Gasteiger charge is 2.18. The Balaban J connectivity index is 2.17. The second-order valence-corrected chi connectivity index (χ2v) is 4.91. The van der Waals surface area contributed by atoms with Crippen LogP contribution in [0.3, 0.4) is 0 Å². The second kappa shape index (κ2) is 5.07. The van der Waals surface area contributed by atoms with Gasteiger partial charge in [0, 0.05) is 25.2 Å². The molecule has 72 valence electrons. The summed E-state index contributed by atoms with van der Waals surface area (Å²) in [5.74, 6) is 0.768. The summed E-state index contributed by atoms with van der Waals surface area (Å²) in [6.07, 6.45) is 2.52. The Labute approximate surface area is 79.5 Å². The Hall–Kier alpha value is 0.230. The Morgan fingerprint density at radius 3 is 2.42 bits per heavy atom. The molecule has 0 radical (unpaired) electrons. The van der Waals surface area contributed by atoms with E-state index >= 15 is 0 Å². The SMILES string of the molecule is CN(C)SN1CCC(CN)CC1. The lowest BCUT2D eigenvalue weighted by molar-refractivity contribution is 0.292. The van der Waals surface area contributed by atoms with Crippen LogP contribution in [0.2, 0.25) is 0 Å².